The molecule has 0 saturated heterocycles. The van der Waals surface area contributed by atoms with Gasteiger partial charge in [-0.1, -0.05) is 0 Å². The molecule has 11 heavy (non-hydrogen) atoms. The van der Waals surface area contributed by atoms with Crippen molar-refractivity contribution in [1.29, 1.82) is 0 Å². The molecule has 0 spiro atoms. The van der Waals surface area contributed by atoms with Crippen molar-refractivity contribution in [3.63, 3.8) is 0 Å². The van der Waals surface area contributed by atoms with Crippen LogP contribution in [0.1, 0.15) is 10.4 Å². The Hall–Kier alpha value is -1.85. The predicted octanol–water partition coefficient (Wildman–Crippen LogP) is -0.826. The normalized spacial score (nSPS) is 9.45. The topological polar surface area (TPSA) is 103 Å². The van der Waals surface area contributed by atoms with Gasteiger partial charge in [0.15, 0.2) is 5.56 Å². The van der Waals surface area contributed by atoms with E-state index < -0.39 is 23.0 Å². The highest BCUT2D eigenvalue weighted by atomic mass is 16.4. The Morgan fingerprint density at radius 1 is 1.64 bits per heavy atom. The average Bonchev–Trinajstić information content (AvgIpc) is 1.85. The summed E-state index contributed by atoms with van der Waals surface area (Å²) in [5.74, 6) is -2.28. The third-order valence-electron chi connectivity index (χ3n) is 1.05. The Balaban J connectivity index is 3.45. The summed E-state index contributed by atoms with van der Waals surface area (Å²) >= 11 is 0. The molecule has 1 aromatic heterocycles. The Kier molecular flexibility index (Phi) is 1.59. The van der Waals surface area contributed by atoms with Crippen molar-refractivity contribution in [3.05, 3.63) is 22.2 Å². The molecule has 58 valence electrons. The number of carboxylic acids is 1. The van der Waals surface area contributed by atoms with Gasteiger partial charge in [-0.15, -0.1) is 0 Å². The molecule has 0 aliphatic carbocycles. The summed E-state index contributed by atoms with van der Waals surface area (Å²) in [4.78, 5) is 26.1. The molecule has 1 aromatic rings. The average molecular weight is 156 g/mol. The highest BCUT2D eigenvalue weighted by Gasteiger charge is 2.14. The second-order valence-corrected chi connectivity index (χ2v) is 1.74. The minimum atomic E-state index is -1.50. The van der Waals surface area contributed by atoms with Gasteiger partial charge < -0.3 is 15.2 Å². The molecule has 3 N–H and O–H groups in total. The fraction of sp³-hybridized carbons (Fsp3) is 0. The standard InChI is InChI=1S/C5H4N2O4/c8-3-2(5(10)11)4(9)7-1-6-3/h1H,(H,10,11)(H2,6,7,8,9). The molecule has 0 amide bonds. The third-order valence-corrected chi connectivity index (χ3v) is 1.05. The van der Waals surface area contributed by atoms with Crippen molar-refractivity contribution < 1.29 is 15.0 Å². The molecule has 0 atom stereocenters. The number of nitrogens with one attached hydrogen (secondary N) is 1. The first-order chi connectivity index (χ1) is 5.13. The lowest BCUT2D eigenvalue weighted by atomic mass is 10.3. The van der Waals surface area contributed by atoms with Crippen LogP contribution in [0, 0.1) is 0 Å². The van der Waals surface area contributed by atoms with E-state index in [-0.39, 0.29) is 0 Å². The Labute approximate surface area is 60.1 Å². The van der Waals surface area contributed by atoms with Crippen molar-refractivity contribution in [2.75, 3.05) is 0 Å². The number of hydrogen-bond acceptors (Lipinski definition) is 4. The van der Waals surface area contributed by atoms with Crippen molar-refractivity contribution in [2.45, 2.75) is 0 Å². The van der Waals surface area contributed by atoms with E-state index in [9.17, 15) is 9.59 Å². The van der Waals surface area contributed by atoms with E-state index in [4.69, 9.17) is 10.2 Å². The van der Waals surface area contributed by atoms with Crippen LogP contribution in [0.4, 0.5) is 0 Å². The van der Waals surface area contributed by atoms with Crippen LogP contribution >= 0.6 is 0 Å². The lowest BCUT2D eigenvalue weighted by Gasteiger charge is -1.93. The highest BCUT2D eigenvalue weighted by Crippen LogP contribution is 2.04. The minimum absolute atomic E-state index is 0.743. The van der Waals surface area contributed by atoms with Crippen LogP contribution in [0.25, 0.3) is 0 Å². The highest BCUT2D eigenvalue weighted by molar-refractivity contribution is 5.89. The lowest BCUT2D eigenvalue weighted by molar-refractivity contribution is 0.0690. The molecule has 0 aliphatic rings. The largest absolute Gasteiger partial charge is 0.492 e. The smallest absolute Gasteiger partial charge is 0.346 e. The maximum absolute atomic E-state index is 10.6. The van der Waals surface area contributed by atoms with Crippen molar-refractivity contribution >= 4 is 5.97 Å². The summed E-state index contributed by atoms with van der Waals surface area (Å²) < 4.78 is 0. The molecule has 1 heterocycles. The quantitative estimate of drug-likeness (QED) is 0.492. The predicted molar refractivity (Wildman–Crippen MR) is 33.5 cm³/mol. The molecular formula is C5H4N2O4. The number of carbonyl (C=O) groups is 1. The number of carboxylic acid groups (broad SMARTS) is 1. The summed E-state index contributed by atoms with van der Waals surface area (Å²) in [6.45, 7) is 0. The number of aromatic hydroxyl groups is 1. The van der Waals surface area contributed by atoms with Crippen molar-refractivity contribution in [3.8, 4) is 5.88 Å². The fourth-order valence-corrected chi connectivity index (χ4v) is 0.583. The zero-order valence-electron chi connectivity index (χ0n) is 5.24. The van der Waals surface area contributed by atoms with Gasteiger partial charge in [-0.25, -0.2) is 9.78 Å². The van der Waals surface area contributed by atoms with E-state index >= 15 is 0 Å². The second-order valence-electron chi connectivity index (χ2n) is 1.74. The first-order valence-electron chi connectivity index (χ1n) is 2.63. The van der Waals surface area contributed by atoms with Gasteiger partial charge in [-0.3, -0.25) is 4.79 Å². The molecule has 0 unspecified atom stereocenters. The Morgan fingerprint density at radius 3 is 2.64 bits per heavy atom. The van der Waals surface area contributed by atoms with E-state index in [1.54, 1.807) is 0 Å². The molecular weight excluding hydrogens is 152 g/mol. The maximum Gasteiger partial charge on any atom is 0.346 e. The van der Waals surface area contributed by atoms with Gasteiger partial charge in [0.1, 0.15) is 0 Å². The van der Waals surface area contributed by atoms with E-state index in [1.165, 1.54) is 0 Å². The maximum atomic E-state index is 10.6. The van der Waals surface area contributed by atoms with Crippen LogP contribution in [0.2, 0.25) is 0 Å². The monoisotopic (exact) mass is 156 g/mol. The van der Waals surface area contributed by atoms with E-state index in [0.29, 0.717) is 0 Å². The molecule has 1 rings (SSSR count). The number of H-pyrrole nitrogens is 1. The molecule has 6 nitrogen and oxygen atoms in total. The third kappa shape index (κ3) is 1.18. The molecule has 0 bridgehead atoms. The van der Waals surface area contributed by atoms with Gasteiger partial charge in [0, 0.05) is 0 Å². The van der Waals surface area contributed by atoms with Crippen LogP contribution in [-0.2, 0) is 0 Å². The summed E-state index contributed by atoms with van der Waals surface area (Å²) in [7, 11) is 0. The Morgan fingerprint density at radius 2 is 2.27 bits per heavy atom. The molecule has 0 saturated carbocycles. The van der Waals surface area contributed by atoms with Crippen LogP contribution < -0.4 is 5.56 Å². The van der Waals surface area contributed by atoms with Crippen LogP contribution in [0.15, 0.2) is 11.1 Å². The van der Waals surface area contributed by atoms with Gasteiger partial charge in [0.2, 0.25) is 5.88 Å². The van der Waals surface area contributed by atoms with E-state index in [2.05, 4.69) is 4.98 Å². The fourth-order valence-electron chi connectivity index (χ4n) is 0.583. The van der Waals surface area contributed by atoms with E-state index in [0.717, 1.165) is 6.33 Å². The zero-order chi connectivity index (χ0) is 8.43. The lowest BCUT2D eigenvalue weighted by Crippen LogP contribution is -2.17. The number of aromatic amines is 1. The van der Waals surface area contributed by atoms with Gasteiger partial charge in [-0.2, -0.15) is 0 Å². The van der Waals surface area contributed by atoms with Crippen molar-refractivity contribution in [2.24, 2.45) is 0 Å². The summed E-state index contributed by atoms with van der Waals surface area (Å²) in [5.41, 5.74) is -1.61. The van der Waals surface area contributed by atoms with Gasteiger partial charge in [0.05, 0.1) is 6.33 Å². The first kappa shape index (κ1) is 7.26. The first-order valence-corrected chi connectivity index (χ1v) is 2.63. The number of aromatic nitrogens is 2. The summed E-state index contributed by atoms with van der Waals surface area (Å²) in [5, 5.41) is 17.1. The van der Waals surface area contributed by atoms with Crippen molar-refractivity contribution in [1.82, 2.24) is 9.97 Å². The number of aromatic carboxylic acids is 1. The zero-order valence-corrected chi connectivity index (χ0v) is 5.24. The number of nitrogens with zero attached hydrogens (tertiary/aromatic N) is 1. The van der Waals surface area contributed by atoms with Crippen LogP contribution in [0.3, 0.4) is 0 Å². The van der Waals surface area contributed by atoms with Crippen LogP contribution in [-0.4, -0.2) is 26.2 Å². The Bertz CT molecular complexity index is 343. The summed E-state index contributed by atoms with van der Waals surface area (Å²) in [6.07, 6.45) is 0.921. The molecule has 0 radical (unpaired) electrons. The van der Waals surface area contributed by atoms with Gasteiger partial charge >= 0.3 is 5.97 Å². The molecule has 0 aliphatic heterocycles. The molecule has 0 aromatic carbocycles. The minimum Gasteiger partial charge on any atom is -0.492 e. The molecule has 6 heteroatoms. The summed E-state index contributed by atoms with van der Waals surface area (Å²) in [6, 6.07) is 0. The SMILES string of the molecule is O=C(O)c1c(O)nc[nH]c1=O. The number of hydrogen-bond donors (Lipinski definition) is 3. The second kappa shape index (κ2) is 2.41. The van der Waals surface area contributed by atoms with Crippen LogP contribution in [0.5, 0.6) is 5.88 Å². The van der Waals surface area contributed by atoms with Gasteiger partial charge in [0.25, 0.3) is 5.56 Å². The van der Waals surface area contributed by atoms with Gasteiger partial charge in [-0.05, 0) is 0 Å². The molecule has 0 fully saturated rings. The number of rotatable bonds is 1. The van der Waals surface area contributed by atoms with E-state index in [1.807, 2.05) is 4.98 Å².